The second-order valence-electron chi connectivity index (χ2n) is 11.1. The standard InChI is InChI=1S/C32H41N5O6S/c1-6-8-13-30-33-37(26-15-16-26)32(38)35(30)19-24-14-17-27(25(18-24)20-42-7-2)28-11-9-10-12-29(28)44(39,40)36(21-41-5)31-22(3)23(4)43-34-31/h9-12,14,17-18,26H,6-8,13,15-16,19-21H2,1-5H3. The van der Waals surface area contributed by atoms with Gasteiger partial charge < -0.3 is 14.0 Å². The van der Waals surface area contributed by atoms with Crippen LogP contribution in [0.4, 0.5) is 5.82 Å². The number of hydrogen-bond acceptors (Lipinski definition) is 8. The van der Waals surface area contributed by atoms with Crippen LogP contribution in [0, 0.1) is 13.8 Å². The molecule has 0 aliphatic heterocycles. The Bertz CT molecular complexity index is 1770. The van der Waals surface area contributed by atoms with Crippen LogP contribution in [0.5, 0.6) is 0 Å². The van der Waals surface area contributed by atoms with Crippen molar-refractivity contribution < 1.29 is 22.4 Å². The normalized spacial score (nSPS) is 13.5. The highest BCUT2D eigenvalue weighted by Gasteiger charge is 2.32. The molecule has 0 radical (unpaired) electrons. The van der Waals surface area contributed by atoms with Crippen molar-refractivity contribution in [1.82, 2.24) is 19.5 Å². The van der Waals surface area contributed by atoms with Crippen LogP contribution in [0.3, 0.4) is 0 Å². The van der Waals surface area contributed by atoms with Gasteiger partial charge in [0.2, 0.25) is 0 Å². The SMILES string of the molecule is CCCCc1nn(C2CC2)c(=O)n1Cc1ccc(-c2ccccc2S(=O)(=O)N(COC)c2noc(C)c2C)c(COCC)c1. The number of anilines is 1. The summed E-state index contributed by atoms with van der Waals surface area (Å²) in [5.41, 5.74) is 3.50. The smallest absolute Gasteiger partial charge is 0.346 e. The largest absolute Gasteiger partial charge is 0.377 e. The molecule has 0 unspecified atom stereocenters. The number of aryl methyl sites for hydroxylation is 2. The number of ether oxygens (including phenoxy) is 2. The van der Waals surface area contributed by atoms with Gasteiger partial charge >= 0.3 is 5.69 Å². The van der Waals surface area contributed by atoms with E-state index in [0.29, 0.717) is 30.0 Å². The van der Waals surface area contributed by atoms with E-state index in [1.165, 1.54) is 7.11 Å². The molecule has 2 aromatic carbocycles. The van der Waals surface area contributed by atoms with Crippen molar-refractivity contribution in [2.45, 2.75) is 83.9 Å². The Morgan fingerprint density at radius 1 is 1.09 bits per heavy atom. The van der Waals surface area contributed by atoms with Crippen molar-refractivity contribution in [2.75, 3.05) is 24.8 Å². The molecule has 1 fully saturated rings. The van der Waals surface area contributed by atoms with E-state index in [2.05, 4.69) is 12.1 Å². The van der Waals surface area contributed by atoms with E-state index in [4.69, 9.17) is 19.1 Å². The number of nitrogens with zero attached hydrogens (tertiary/aromatic N) is 5. The van der Waals surface area contributed by atoms with Gasteiger partial charge in [-0.15, -0.1) is 0 Å². The number of rotatable bonds is 15. The lowest BCUT2D eigenvalue weighted by Gasteiger charge is -2.23. The van der Waals surface area contributed by atoms with E-state index < -0.39 is 10.0 Å². The van der Waals surface area contributed by atoms with Crippen LogP contribution in [0.2, 0.25) is 0 Å². The highest BCUT2D eigenvalue weighted by atomic mass is 32.2. The average Bonchev–Trinajstić information content (AvgIpc) is 3.75. The lowest BCUT2D eigenvalue weighted by Crippen LogP contribution is -2.34. The fraction of sp³-hybridized carbons (Fsp3) is 0.469. The molecule has 5 rings (SSSR count). The minimum atomic E-state index is -4.13. The zero-order valence-corrected chi connectivity index (χ0v) is 26.9. The Balaban J connectivity index is 1.56. The lowest BCUT2D eigenvalue weighted by molar-refractivity contribution is 0.134. The van der Waals surface area contributed by atoms with Crippen molar-refractivity contribution in [3.63, 3.8) is 0 Å². The molecule has 44 heavy (non-hydrogen) atoms. The van der Waals surface area contributed by atoms with Crippen LogP contribution in [-0.4, -0.2) is 48.4 Å². The molecule has 2 aromatic heterocycles. The number of methoxy groups -OCH3 is 1. The number of benzene rings is 2. The fourth-order valence-electron chi connectivity index (χ4n) is 5.25. The molecule has 0 amide bonds. The molecule has 0 saturated heterocycles. The van der Waals surface area contributed by atoms with Crippen LogP contribution in [0.25, 0.3) is 11.1 Å². The molecule has 0 N–H and O–H groups in total. The van der Waals surface area contributed by atoms with Crippen molar-refractivity contribution in [3.05, 3.63) is 81.2 Å². The van der Waals surface area contributed by atoms with Crippen LogP contribution in [0.15, 0.2) is 56.7 Å². The molecule has 2 heterocycles. The fourth-order valence-corrected chi connectivity index (χ4v) is 6.83. The summed E-state index contributed by atoms with van der Waals surface area (Å²) in [6.07, 6.45) is 4.67. The minimum absolute atomic E-state index is 0.0814. The maximum Gasteiger partial charge on any atom is 0.346 e. The zero-order valence-electron chi connectivity index (χ0n) is 26.1. The Morgan fingerprint density at radius 3 is 2.52 bits per heavy atom. The van der Waals surface area contributed by atoms with E-state index in [9.17, 15) is 13.2 Å². The summed E-state index contributed by atoms with van der Waals surface area (Å²) in [5.74, 6) is 1.51. The van der Waals surface area contributed by atoms with Gasteiger partial charge in [-0.3, -0.25) is 4.57 Å². The summed E-state index contributed by atoms with van der Waals surface area (Å²) in [6.45, 7) is 8.43. The van der Waals surface area contributed by atoms with E-state index in [1.54, 1.807) is 41.3 Å². The summed E-state index contributed by atoms with van der Waals surface area (Å²) in [4.78, 5) is 13.4. The second-order valence-corrected chi connectivity index (χ2v) is 13.0. The molecular formula is C32H41N5O6S. The first kappa shape index (κ1) is 31.7. The van der Waals surface area contributed by atoms with Crippen LogP contribution >= 0.6 is 0 Å². The Kier molecular flexibility index (Phi) is 9.72. The minimum Gasteiger partial charge on any atom is -0.377 e. The van der Waals surface area contributed by atoms with E-state index >= 15 is 0 Å². The highest BCUT2D eigenvalue weighted by molar-refractivity contribution is 7.93. The van der Waals surface area contributed by atoms with Gasteiger partial charge in [0, 0.05) is 31.3 Å². The first-order valence-electron chi connectivity index (χ1n) is 15.1. The third-order valence-electron chi connectivity index (χ3n) is 7.94. The molecule has 1 aliphatic carbocycles. The Morgan fingerprint density at radius 2 is 1.86 bits per heavy atom. The van der Waals surface area contributed by atoms with Crippen molar-refractivity contribution in [3.8, 4) is 11.1 Å². The Labute approximate surface area is 258 Å². The third-order valence-corrected chi connectivity index (χ3v) is 9.71. The summed E-state index contributed by atoms with van der Waals surface area (Å²) >= 11 is 0. The summed E-state index contributed by atoms with van der Waals surface area (Å²) in [5, 5.41) is 8.72. The second kappa shape index (κ2) is 13.5. The maximum atomic E-state index is 14.2. The molecule has 0 spiro atoms. The van der Waals surface area contributed by atoms with Crippen molar-refractivity contribution >= 4 is 15.8 Å². The topological polar surface area (TPSA) is 122 Å². The van der Waals surface area contributed by atoms with Crippen LogP contribution in [0.1, 0.15) is 73.8 Å². The van der Waals surface area contributed by atoms with Crippen LogP contribution < -0.4 is 9.99 Å². The first-order chi connectivity index (χ1) is 21.2. The van der Waals surface area contributed by atoms with Crippen LogP contribution in [-0.2, 0) is 39.1 Å². The van der Waals surface area contributed by atoms with Gasteiger partial charge in [-0.05, 0) is 62.8 Å². The molecule has 12 heteroatoms. The molecule has 0 bridgehead atoms. The molecule has 1 saturated carbocycles. The summed E-state index contributed by atoms with van der Waals surface area (Å²) in [6, 6.07) is 12.9. The monoisotopic (exact) mass is 623 g/mol. The molecule has 11 nitrogen and oxygen atoms in total. The third kappa shape index (κ3) is 6.38. The van der Waals surface area contributed by atoms with Gasteiger partial charge in [0.1, 0.15) is 18.3 Å². The van der Waals surface area contributed by atoms with Gasteiger partial charge in [-0.1, -0.05) is 54.9 Å². The average molecular weight is 624 g/mol. The van der Waals surface area contributed by atoms with Gasteiger partial charge in [0.05, 0.1) is 24.1 Å². The summed E-state index contributed by atoms with van der Waals surface area (Å²) < 4.78 is 49.4. The van der Waals surface area contributed by atoms with E-state index in [-0.39, 0.29) is 35.8 Å². The number of hydrogen-bond donors (Lipinski definition) is 0. The molecular weight excluding hydrogens is 582 g/mol. The predicted molar refractivity (Wildman–Crippen MR) is 167 cm³/mol. The van der Waals surface area contributed by atoms with Gasteiger partial charge in [0.15, 0.2) is 5.82 Å². The lowest BCUT2D eigenvalue weighted by atomic mass is 9.97. The van der Waals surface area contributed by atoms with Gasteiger partial charge in [-0.25, -0.2) is 22.2 Å². The van der Waals surface area contributed by atoms with Gasteiger partial charge in [0.25, 0.3) is 10.0 Å². The van der Waals surface area contributed by atoms with Gasteiger partial charge in [-0.2, -0.15) is 5.10 Å². The number of aromatic nitrogens is 4. The van der Waals surface area contributed by atoms with Crippen molar-refractivity contribution in [1.29, 1.82) is 0 Å². The number of sulfonamides is 1. The quantitative estimate of drug-likeness (QED) is 0.162. The maximum absolute atomic E-state index is 14.2. The zero-order chi connectivity index (χ0) is 31.4. The molecule has 1 aliphatic rings. The molecule has 4 aromatic rings. The molecule has 236 valence electrons. The van der Waals surface area contributed by atoms with E-state index in [1.807, 2.05) is 31.2 Å². The molecule has 0 atom stereocenters. The van der Waals surface area contributed by atoms with E-state index in [0.717, 1.165) is 58.9 Å². The summed E-state index contributed by atoms with van der Waals surface area (Å²) in [7, 11) is -2.70. The Hall–Kier alpha value is -3.74. The predicted octanol–water partition coefficient (Wildman–Crippen LogP) is 5.38. The highest BCUT2D eigenvalue weighted by Crippen LogP contribution is 2.36. The first-order valence-corrected chi connectivity index (χ1v) is 16.6. The number of unbranched alkanes of at least 4 members (excludes halogenated alkanes) is 1. The van der Waals surface area contributed by atoms with Crippen molar-refractivity contribution in [2.24, 2.45) is 0 Å².